The van der Waals surface area contributed by atoms with Crippen LogP contribution in [-0.2, 0) is 20.1 Å². The van der Waals surface area contributed by atoms with Crippen LogP contribution >= 0.6 is 11.3 Å². The maximum Gasteiger partial charge on any atom is 0.191 e. The molecule has 0 aliphatic carbocycles. The van der Waals surface area contributed by atoms with Gasteiger partial charge in [-0.15, -0.1) is 11.3 Å². The summed E-state index contributed by atoms with van der Waals surface area (Å²) in [6.45, 7) is 3.45. The number of aryl methyl sites for hydroxylation is 2. The van der Waals surface area contributed by atoms with Crippen molar-refractivity contribution in [2.24, 2.45) is 12.0 Å². The largest absolute Gasteiger partial charge is 0.353 e. The van der Waals surface area contributed by atoms with E-state index in [1.54, 1.807) is 18.4 Å². The Morgan fingerprint density at radius 1 is 1.42 bits per heavy atom. The Balaban J connectivity index is 1.82. The van der Waals surface area contributed by atoms with Crippen LogP contribution in [0.15, 0.2) is 28.7 Å². The minimum atomic E-state index is 0.700. The van der Waals surface area contributed by atoms with Crippen LogP contribution in [0.5, 0.6) is 0 Å². The van der Waals surface area contributed by atoms with Crippen LogP contribution in [0.4, 0.5) is 0 Å². The summed E-state index contributed by atoms with van der Waals surface area (Å²) < 4.78 is 2.09. The number of hydrogen-bond donors (Lipinski definition) is 2. The van der Waals surface area contributed by atoms with E-state index in [4.69, 9.17) is 0 Å². The van der Waals surface area contributed by atoms with Gasteiger partial charge in [-0.2, -0.15) is 0 Å². The minimum Gasteiger partial charge on any atom is -0.353 e. The average molecular weight is 277 g/mol. The number of nitrogens with zero attached hydrogens (tertiary/aromatic N) is 3. The van der Waals surface area contributed by atoms with Crippen LogP contribution in [-0.4, -0.2) is 22.6 Å². The first-order valence-electron chi connectivity index (χ1n) is 6.15. The Morgan fingerprint density at radius 2 is 2.21 bits per heavy atom. The van der Waals surface area contributed by atoms with Crippen LogP contribution in [0.3, 0.4) is 0 Å². The smallest absolute Gasteiger partial charge is 0.191 e. The average Bonchev–Trinajstić information content (AvgIpc) is 2.99. The summed E-state index contributed by atoms with van der Waals surface area (Å²) in [6, 6.07) is 4.12. The molecule has 5 nitrogen and oxygen atoms in total. The SMILES string of the molecule is CN=C(NCc1nc(C)cs1)NCc1cccn1C. The second-order valence-electron chi connectivity index (χ2n) is 4.27. The molecule has 0 aromatic carbocycles. The molecule has 19 heavy (non-hydrogen) atoms. The van der Waals surface area contributed by atoms with E-state index in [2.05, 4.69) is 36.6 Å². The molecule has 0 amide bonds. The van der Waals surface area contributed by atoms with E-state index >= 15 is 0 Å². The Morgan fingerprint density at radius 3 is 2.79 bits per heavy atom. The zero-order valence-corrected chi connectivity index (χ0v) is 12.3. The molecule has 0 saturated heterocycles. The van der Waals surface area contributed by atoms with Crippen LogP contribution < -0.4 is 10.6 Å². The molecule has 0 fully saturated rings. The van der Waals surface area contributed by atoms with E-state index in [9.17, 15) is 0 Å². The van der Waals surface area contributed by atoms with Gasteiger partial charge >= 0.3 is 0 Å². The fourth-order valence-electron chi connectivity index (χ4n) is 1.72. The molecule has 2 heterocycles. The highest BCUT2D eigenvalue weighted by Crippen LogP contribution is 2.07. The second-order valence-corrected chi connectivity index (χ2v) is 5.22. The predicted molar refractivity (Wildman–Crippen MR) is 79.3 cm³/mol. The number of aromatic nitrogens is 2. The molecule has 2 rings (SSSR count). The third-order valence-corrected chi connectivity index (χ3v) is 3.75. The number of guanidine groups is 1. The summed E-state index contributed by atoms with van der Waals surface area (Å²) in [5.74, 6) is 0.786. The molecular weight excluding hydrogens is 258 g/mol. The lowest BCUT2D eigenvalue weighted by molar-refractivity contribution is 0.748. The zero-order chi connectivity index (χ0) is 13.7. The molecule has 2 N–H and O–H groups in total. The van der Waals surface area contributed by atoms with Gasteiger partial charge in [0, 0.05) is 37.1 Å². The van der Waals surface area contributed by atoms with Crippen molar-refractivity contribution in [3.05, 3.63) is 40.1 Å². The van der Waals surface area contributed by atoms with Crippen molar-refractivity contribution in [2.75, 3.05) is 7.05 Å². The molecule has 0 radical (unpaired) electrons. The molecule has 0 unspecified atom stereocenters. The first kappa shape index (κ1) is 13.6. The molecule has 0 saturated carbocycles. The van der Waals surface area contributed by atoms with Gasteiger partial charge in [-0.3, -0.25) is 4.99 Å². The Labute approximate surface area is 117 Å². The van der Waals surface area contributed by atoms with Crippen molar-refractivity contribution in [3.8, 4) is 0 Å². The maximum atomic E-state index is 4.41. The summed E-state index contributed by atoms with van der Waals surface area (Å²) in [4.78, 5) is 8.61. The number of thiazole rings is 1. The van der Waals surface area contributed by atoms with Gasteiger partial charge in [-0.05, 0) is 19.1 Å². The van der Waals surface area contributed by atoms with Crippen LogP contribution in [0.2, 0.25) is 0 Å². The Bertz CT molecular complexity index is 555. The van der Waals surface area contributed by atoms with Crippen LogP contribution in [0.1, 0.15) is 16.4 Å². The quantitative estimate of drug-likeness (QED) is 0.660. The molecule has 0 bridgehead atoms. The summed E-state index contributed by atoms with van der Waals surface area (Å²) in [5.41, 5.74) is 2.28. The third-order valence-electron chi connectivity index (χ3n) is 2.79. The number of nitrogens with one attached hydrogen (secondary N) is 2. The van der Waals surface area contributed by atoms with Gasteiger partial charge in [0.15, 0.2) is 5.96 Å². The lowest BCUT2D eigenvalue weighted by Crippen LogP contribution is -2.36. The second kappa shape index (κ2) is 6.38. The van der Waals surface area contributed by atoms with Gasteiger partial charge in [0.2, 0.25) is 0 Å². The summed E-state index contributed by atoms with van der Waals surface area (Å²) >= 11 is 1.66. The molecule has 0 aliphatic heterocycles. The molecule has 6 heteroatoms. The third kappa shape index (κ3) is 3.82. The van der Waals surface area contributed by atoms with Crippen LogP contribution in [0, 0.1) is 6.92 Å². The van der Waals surface area contributed by atoms with Crippen molar-refractivity contribution in [2.45, 2.75) is 20.0 Å². The molecular formula is C13H19N5S. The number of hydrogen-bond acceptors (Lipinski definition) is 3. The van der Waals surface area contributed by atoms with Crippen molar-refractivity contribution in [3.63, 3.8) is 0 Å². The van der Waals surface area contributed by atoms with Gasteiger partial charge in [-0.1, -0.05) is 0 Å². The first-order chi connectivity index (χ1) is 9.19. The van der Waals surface area contributed by atoms with E-state index in [-0.39, 0.29) is 0 Å². The van der Waals surface area contributed by atoms with Crippen molar-refractivity contribution in [1.82, 2.24) is 20.2 Å². The minimum absolute atomic E-state index is 0.700. The van der Waals surface area contributed by atoms with E-state index < -0.39 is 0 Å². The molecule has 0 aliphatic rings. The van der Waals surface area contributed by atoms with Gasteiger partial charge in [0.25, 0.3) is 0 Å². The monoisotopic (exact) mass is 277 g/mol. The van der Waals surface area contributed by atoms with Gasteiger partial charge in [0.1, 0.15) is 5.01 Å². The van der Waals surface area contributed by atoms with E-state index in [0.29, 0.717) is 6.54 Å². The van der Waals surface area contributed by atoms with Crippen LogP contribution in [0.25, 0.3) is 0 Å². The van der Waals surface area contributed by atoms with Crippen molar-refractivity contribution >= 4 is 17.3 Å². The summed E-state index contributed by atoms with van der Waals surface area (Å²) in [7, 11) is 3.80. The first-order valence-corrected chi connectivity index (χ1v) is 7.02. The normalized spacial score (nSPS) is 11.6. The van der Waals surface area contributed by atoms with E-state index in [1.807, 2.05) is 26.2 Å². The Hall–Kier alpha value is -1.82. The topological polar surface area (TPSA) is 54.2 Å². The standard InChI is InChI=1S/C13H19N5S/c1-10-9-19-12(17-10)8-16-13(14-2)15-7-11-5-4-6-18(11)3/h4-6,9H,7-8H2,1-3H3,(H2,14,15,16). The highest BCUT2D eigenvalue weighted by Gasteiger charge is 2.02. The molecule has 0 spiro atoms. The Kier molecular flexibility index (Phi) is 4.57. The molecule has 2 aromatic rings. The van der Waals surface area contributed by atoms with Gasteiger partial charge in [-0.25, -0.2) is 4.98 Å². The fraction of sp³-hybridized carbons (Fsp3) is 0.385. The van der Waals surface area contributed by atoms with E-state index in [1.165, 1.54) is 5.69 Å². The van der Waals surface area contributed by atoms with E-state index in [0.717, 1.165) is 23.2 Å². The lowest BCUT2D eigenvalue weighted by Gasteiger charge is -2.11. The lowest BCUT2D eigenvalue weighted by atomic mass is 10.4. The van der Waals surface area contributed by atoms with Crippen molar-refractivity contribution < 1.29 is 0 Å². The highest BCUT2D eigenvalue weighted by atomic mass is 32.1. The highest BCUT2D eigenvalue weighted by molar-refractivity contribution is 7.09. The maximum absolute atomic E-state index is 4.41. The van der Waals surface area contributed by atoms with Crippen molar-refractivity contribution in [1.29, 1.82) is 0 Å². The summed E-state index contributed by atoms with van der Waals surface area (Å²) in [5, 5.41) is 9.66. The van der Waals surface area contributed by atoms with Gasteiger partial charge in [0.05, 0.1) is 13.1 Å². The number of aliphatic imine (C=N–C) groups is 1. The zero-order valence-electron chi connectivity index (χ0n) is 11.5. The summed E-state index contributed by atoms with van der Waals surface area (Å²) in [6.07, 6.45) is 2.03. The number of rotatable bonds is 4. The molecule has 2 aromatic heterocycles. The molecule has 0 atom stereocenters. The van der Waals surface area contributed by atoms with Gasteiger partial charge < -0.3 is 15.2 Å². The molecule has 102 valence electrons. The predicted octanol–water partition coefficient (Wildman–Crippen LogP) is 1.66. The fourth-order valence-corrected chi connectivity index (χ4v) is 2.43.